The molecule has 44 heavy (non-hydrogen) atoms. The maximum atomic E-state index is 9.78. The minimum Gasteiger partial charge on any atom is -0.491 e. The van der Waals surface area contributed by atoms with Gasteiger partial charge in [0.05, 0.1) is 30.6 Å². The van der Waals surface area contributed by atoms with Crippen LogP contribution >= 0.6 is 0 Å². The van der Waals surface area contributed by atoms with Crippen molar-refractivity contribution >= 4 is 11.3 Å². The molecule has 0 atom stereocenters. The average Bonchev–Trinajstić information content (AvgIpc) is 3.48. The Morgan fingerprint density at radius 2 is 1.77 bits per heavy atom. The van der Waals surface area contributed by atoms with Crippen LogP contribution in [0.4, 0.5) is 5.82 Å². The number of nitriles is 1. The Balaban J connectivity index is 0.994. The zero-order chi connectivity index (χ0) is 29.9. The normalized spacial score (nSPS) is 18.7. The van der Waals surface area contributed by atoms with Gasteiger partial charge in [-0.25, -0.2) is 14.5 Å². The number of nitrogens with zero attached hydrogens (tertiary/aromatic N) is 8. The molecule has 0 amide bonds. The summed E-state index contributed by atoms with van der Waals surface area (Å²) in [6, 6.07) is 12.5. The molecular formula is C34H40N8O2. The minimum absolute atomic E-state index is 0.539. The first-order chi connectivity index (χ1) is 21.6. The van der Waals surface area contributed by atoms with E-state index in [9.17, 15) is 5.26 Å². The van der Waals surface area contributed by atoms with Crippen molar-refractivity contribution in [1.29, 1.82) is 5.26 Å². The summed E-state index contributed by atoms with van der Waals surface area (Å²) < 4.78 is 13.2. The predicted octanol–water partition coefficient (Wildman–Crippen LogP) is 4.64. The fourth-order valence-electron chi connectivity index (χ4n) is 7.20. The molecule has 0 bridgehead atoms. The van der Waals surface area contributed by atoms with E-state index in [0.29, 0.717) is 23.5 Å². The smallest absolute Gasteiger partial charge is 0.212 e. The van der Waals surface area contributed by atoms with Gasteiger partial charge >= 0.3 is 0 Å². The zero-order valence-electron chi connectivity index (χ0n) is 25.5. The van der Waals surface area contributed by atoms with Gasteiger partial charge in [-0.1, -0.05) is 25.3 Å². The van der Waals surface area contributed by atoms with Gasteiger partial charge in [-0.3, -0.25) is 9.80 Å². The van der Waals surface area contributed by atoms with Gasteiger partial charge in [0, 0.05) is 81.9 Å². The Morgan fingerprint density at radius 1 is 0.932 bits per heavy atom. The van der Waals surface area contributed by atoms with Crippen molar-refractivity contribution in [1.82, 2.24) is 29.4 Å². The Labute approximate surface area is 258 Å². The van der Waals surface area contributed by atoms with Crippen molar-refractivity contribution in [3.05, 3.63) is 66.2 Å². The molecule has 1 spiro atoms. The second-order valence-corrected chi connectivity index (χ2v) is 12.5. The first-order valence-corrected chi connectivity index (χ1v) is 15.8. The predicted molar refractivity (Wildman–Crippen MR) is 169 cm³/mol. The van der Waals surface area contributed by atoms with Gasteiger partial charge < -0.3 is 14.4 Å². The molecule has 4 aromatic heterocycles. The number of likely N-dealkylation sites (tertiary alicyclic amines) is 1. The lowest BCUT2D eigenvalue weighted by Gasteiger charge is -2.52. The van der Waals surface area contributed by atoms with Crippen LogP contribution in [0.15, 0.2) is 55.1 Å². The SMILES string of the molecule is COc1ccc(CN2CCN(c3ccc(-c4cc(OCCN5CC6(CCCCC6)C5)cn5ncc(C#N)c45)cn3)CC2)cn1. The third-order valence-corrected chi connectivity index (χ3v) is 9.58. The third kappa shape index (κ3) is 5.94. The van der Waals surface area contributed by atoms with Crippen LogP contribution in [0.2, 0.25) is 0 Å². The van der Waals surface area contributed by atoms with Gasteiger partial charge in [-0.05, 0) is 42.0 Å². The number of hydrogen-bond donors (Lipinski definition) is 0. The molecule has 10 nitrogen and oxygen atoms in total. The van der Waals surface area contributed by atoms with Crippen LogP contribution < -0.4 is 14.4 Å². The summed E-state index contributed by atoms with van der Waals surface area (Å²) >= 11 is 0. The van der Waals surface area contributed by atoms with Crippen LogP contribution in [-0.2, 0) is 6.54 Å². The van der Waals surface area contributed by atoms with Gasteiger partial charge in [0.15, 0.2) is 0 Å². The molecule has 1 aliphatic carbocycles. The Bertz CT molecular complexity index is 1610. The summed E-state index contributed by atoms with van der Waals surface area (Å²) in [7, 11) is 1.63. The summed E-state index contributed by atoms with van der Waals surface area (Å²) in [6.07, 6.45) is 14.2. The molecule has 6 heterocycles. The fourth-order valence-corrected chi connectivity index (χ4v) is 7.20. The van der Waals surface area contributed by atoms with E-state index in [1.54, 1.807) is 17.8 Å². The van der Waals surface area contributed by atoms with E-state index in [2.05, 4.69) is 49.1 Å². The number of fused-ring (bicyclic) bond motifs is 1. The van der Waals surface area contributed by atoms with Crippen molar-refractivity contribution < 1.29 is 9.47 Å². The second kappa shape index (κ2) is 12.4. The summed E-state index contributed by atoms with van der Waals surface area (Å²) in [5.41, 5.74) is 4.92. The molecule has 0 aromatic carbocycles. The van der Waals surface area contributed by atoms with E-state index in [4.69, 9.17) is 14.5 Å². The van der Waals surface area contributed by atoms with Crippen molar-refractivity contribution in [2.45, 2.75) is 38.6 Å². The van der Waals surface area contributed by atoms with Crippen molar-refractivity contribution in [3.63, 3.8) is 0 Å². The minimum atomic E-state index is 0.539. The maximum Gasteiger partial charge on any atom is 0.212 e. The van der Waals surface area contributed by atoms with Crippen LogP contribution in [0.3, 0.4) is 0 Å². The van der Waals surface area contributed by atoms with Gasteiger partial charge in [0.25, 0.3) is 0 Å². The molecule has 7 rings (SSSR count). The quantitative estimate of drug-likeness (QED) is 0.276. The molecule has 10 heteroatoms. The monoisotopic (exact) mass is 592 g/mol. The molecule has 2 saturated heterocycles. The largest absolute Gasteiger partial charge is 0.491 e. The van der Waals surface area contributed by atoms with Gasteiger partial charge in [-0.2, -0.15) is 10.4 Å². The topological polar surface area (TPSA) is 95.1 Å². The van der Waals surface area contributed by atoms with E-state index in [0.717, 1.165) is 67.5 Å². The van der Waals surface area contributed by atoms with Crippen LogP contribution in [0.25, 0.3) is 16.6 Å². The van der Waals surface area contributed by atoms with Crippen molar-refractivity contribution in [2.24, 2.45) is 5.41 Å². The molecule has 0 N–H and O–H groups in total. The standard InChI is InChI=1S/C34H40N8O2/c1-43-32-8-5-26(19-37-32)22-39-11-13-41(14-12-39)31-7-6-27(20-36-31)30-17-29(23-42-33(30)28(18-35)21-38-42)44-16-15-40-24-34(25-40)9-3-2-4-10-34/h5-8,17,19-21,23H,2-4,9-16,22,24-25H2,1H3. The van der Waals surface area contributed by atoms with Gasteiger partial charge in [0.2, 0.25) is 5.88 Å². The Hall–Kier alpha value is -4.20. The number of hydrogen-bond acceptors (Lipinski definition) is 9. The van der Waals surface area contributed by atoms with E-state index in [-0.39, 0.29) is 0 Å². The molecule has 2 aliphatic heterocycles. The number of pyridine rings is 3. The van der Waals surface area contributed by atoms with Crippen LogP contribution in [0.5, 0.6) is 11.6 Å². The summed E-state index contributed by atoms with van der Waals surface area (Å²) in [5, 5.41) is 14.2. The number of aromatic nitrogens is 4. The maximum absolute atomic E-state index is 9.78. The Kier molecular flexibility index (Phi) is 8.07. The summed E-state index contributed by atoms with van der Waals surface area (Å²) in [4.78, 5) is 16.5. The molecule has 0 unspecified atom stereocenters. The number of methoxy groups -OCH3 is 1. The molecule has 4 aromatic rings. The van der Waals surface area contributed by atoms with E-state index in [1.807, 2.05) is 30.7 Å². The fraction of sp³-hybridized carbons (Fsp3) is 0.471. The van der Waals surface area contributed by atoms with Crippen LogP contribution in [0.1, 0.15) is 43.2 Å². The number of piperazine rings is 1. The number of anilines is 1. The average molecular weight is 593 g/mol. The lowest BCUT2D eigenvalue weighted by molar-refractivity contribution is -0.0332. The van der Waals surface area contributed by atoms with Gasteiger partial charge in [-0.15, -0.1) is 0 Å². The first-order valence-electron chi connectivity index (χ1n) is 15.8. The highest BCUT2D eigenvalue weighted by Gasteiger charge is 2.42. The second-order valence-electron chi connectivity index (χ2n) is 12.5. The number of ether oxygens (including phenoxy) is 2. The molecule has 0 radical (unpaired) electrons. The molecular weight excluding hydrogens is 552 g/mol. The molecule has 228 valence electrons. The van der Waals surface area contributed by atoms with Gasteiger partial charge in [0.1, 0.15) is 24.2 Å². The lowest BCUT2D eigenvalue weighted by atomic mass is 9.69. The lowest BCUT2D eigenvalue weighted by Crippen LogP contribution is -2.57. The summed E-state index contributed by atoms with van der Waals surface area (Å²) in [5.74, 6) is 2.35. The van der Waals surface area contributed by atoms with E-state index in [1.165, 1.54) is 50.8 Å². The van der Waals surface area contributed by atoms with E-state index >= 15 is 0 Å². The van der Waals surface area contributed by atoms with E-state index < -0.39 is 0 Å². The highest BCUT2D eigenvalue weighted by molar-refractivity contribution is 5.85. The van der Waals surface area contributed by atoms with Crippen molar-refractivity contribution in [3.8, 4) is 28.8 Å². The van der Waals surface area contributed by atoms with Crippen LogP contribution in [-0.4, -0.2) is 88.9 Å². The molecule has 3 aliphatic rings. The molecule has 3 fully saturated rings. The third-order valence-electron chi connectivity index (χ3n) is 9.58. The highest BCUT2D eigenvalue weighted by atomic mass is 16.5. The molecule has 1 saturated carbocycles. The highest BCUT2D eigenvalue weighted by Crippen LogP contribution is 2.43. The Morgan fingerprint density at radius 3 is 2.48 bits per heavy atom. The first kappa shape index (κ1) is 28.6. The van der Waals surface area contributed by atoms with Crippen LogP contribution in [0, 0.1) is 16.7 Å². The van der Waals surface area contributed by atoms with Crippen molar-refractivity contribution in [2.75, 3.05) is 64.4 Å². The summed E-state index contributed by atoms with van der Waals surface area (Å²) in [6.45, 7) is 8.56. The number of rotatable bonds is 9. The zero-order valence-corrected chi connectivity index (χ0v) is 25.5.